The molecule has 0 aromatic carbocycles. The SMILES string of the molecule is C[CH2][GeH2][C](=O)O.[NaH]. The zero-order valence-corrected chi connectivity index (χ0v) is 6.74. The van der Waals surface area contributed by atoms with E-state index in [4.69, 9.17) is 5.11 Å². The Bertz CT molecular complexity index is 56.9. The molecule has 0 aromatic rings. The summed E-state index contributed by atoms with van der Waals surface area (Å²) in [6.45, 7) is 1.92. The first-order valence-electron chi connectivity index (χ1n) is 1.99. The molecule has 1 N–H and O–H groups in total. The van der Waals surface area contributed by atoms with Gasteiger partial charge in [-0.25, -0.2) is 0 Å². The van der Waals surface area contributed by atoms with Crippen molar-refractivity contribution in [2.45, 2.75) is 12.2 Å². The van der Waals surface area contributed by atoms with Crippen LogP contribution in [0.1, 0.15) is 6.92 Å². The molecule has 0 amide bonds. The number of carboxylic acid groups (broad SMARTS) is 1. The van der Waals surface area contributed by atoms with Crippen LogP contribution in [-0.2, 0) is 0 Å². The van der Waals surface area contributed by atoms with Gasteiger partial charge in [0.25, 0.3) is 0 Å². The average molecular weight is 173 g/mol. The first-order chi connectivity index (χ1) is 2.77. The molecule has 0 atom stereocenters. The number of hydrogen-bond donors (Lipinski definition) is 1. The zero-order chi connectivity index (χ0) is 4.99. The van der Waals surface area contributed by atoms with Crippen LogP contribution in [0.4, 0.5) is 4.79 Å². The summed E-state index contributed by atoms with van der Waals surface area (Å²) in [5, 5.41) is 8.92. The Hall–Kier alpha value is 1.01. The van der Waals surface area contributed by atoms with Crippen LogP contribution in [0.5, 0.6) is 0 Å². The fourth-order valence-corrected chi connectivity index (χ4v) is 1.11. The van der Waals surface area contributed by atoms with Crippen LogP contribution < -0.4 is 0 Å². The van der Waals surface area contributed by atoms with Gasteiger partial charge in [-0.15, -0.1) is 0 Å². The number of hydrogen-bond acceptors (Lipinski definition) is 1. The summed E-state index contributed by atoms with van der Waals surface area (Å²) in [6.07, 6.45) is 0. The van der Waals surface area contributed by atoms with Gasteiger partial charge in [0.05, 0.1) is 0 Å². The first-order valence-corrected chi connectivity index (χ1v) is 5.57. The summed E-state index contributed by atoms with van der Waals surface area (Å²) >= 11 is -1.08. The quantitative estimate of drug-likeness (QED) is 0.577. The van der Waals surface area contributed by atoms with Gasteiger partial charge in [-0.3, -0.25) is 0 Å². The van der Waals surface area contributed by atoms with E-state index in [-0.39, 0.29) is 29.6 Å². The molecule has 7 heavy (non-hydrogen) atoms. The molecular weight excluding hydrogens is 164 g/mol. The van der Waals surface area contributed by atoms with E-state index in [1.807, 2.05) is 6.92 Å². The van der Waals surface area contributed by atoms with Gasteiger partial charge in [0.15, 0.2) is 0 Å². The van der Waals surface area contributed by atoms with E-state index < -0.39 is 20.2 Å². The summed E-state index contributed by atoms with van der Waals surface area (Å²) in [4.78, 5) is 9.16. The first kappa shape index (κ1) is 10.9. The zero-order valence-electron chi connectivity index (χ0n) is 3.77. The van der Waals surface area contributed by atoms with E-state index in [9.17, 15) is 4.79 Å². The van der Waals surface area contributed by atoms with Crippen molar-refractivity contribution in [2.24, 2.45) is 0 Å². The second kappa shape index (κ2) is 7.01. The topological polar surface area (TPSA) is 37.3 Å². The van der Waals surface area contributed by atoms with Crippen molar-refractivity contribution in [2.75, 3.05) is 0 Å². The molecule has 0 unspecified atom stereocenters. The average Bonchev–Trinajstić information content (AvgIpc) is 1.35. The molecule has 0 saturated carbocycles. The molecule has 38 valence electrons. The van der Waals surface area contributed by atoms with Crippen molar-refractivity contribution in [1.29, 1.82) is 0 Å². The fourth-order valence-electron chi connectivity index (χ4n) is 0.214. The van der Waals surface area contributed by atoms with Crippen LogP contribution in [0.3, 0.4) is 0 Å². The molecule has 4 heteroatoms. The summed E-state index contributed by atoms with van der Waals surface area (Å²) < 4.78 is 0. The van der Waals surface area contributed by atoms with E-state index in [0.717, 1.165) is 5.25 Å². The van der Waals surface area contributed by atoms with Crippen LogP contribution in [0, 0.1) is 0 Å². The normalized spacial score (nSPS) is 8.71. The van der Waals surface area contributed by atoms with Crippen molar-refractivity contribution < 1.29 is 9.90 Å². The summed E-state index contributed by atoms with van der Waals surface area (Å²) in [5.41, 5.74) is 0. The van der Waals surface area contributed by atoms with Gasteiger partial charge in [-0.2, -0.15) is 0 Å². The Kier molecular flexibility index (Phi) is 10.9. The van der Waals surface area contributed by atoms with Crippen LogP contribution in [-0.4, -0.2) is 54.9 Å². The van der Waals surface area contributed by atoms with Gasteiger partial charge in [0, 0.05) is 0 Å². The second-order valence-electron chi connectivity index (χ2n) is 1.14. The van der Waals surface area contributed by atoms with Crippen molar-refractivity contribution in [1.82, 2.24) is 0 Å². The van der Waals surface area contributed by atoms with Gasteiger partial charge in [0.2, 0.25) is 0 Å². The molecule has 0 aliphatic carbocycles. The fraction of sp³-hybridized carbons (Fsp3) is 0.667. The molecule has 0 radical (unpaired) electrons. The van der Waals surface area contributed by atoms with E-state index in [1.54, 1.807) is 0 Å². The van der Waals surface area contributed by atoms with E-state index in [2.05, 4.69) is 0 Å². The second-order valence-corrected chi connectivity index (χ2v) is 5.56. The van der Waals surface area contributed by atoms with Gasteiger partial charge >= 0.3 is 71.9 Å². The molecule has 0 rings (SSSR count). The van der Waals surface area contributed by atoms with Crippen molar-refractivity contribution in [3.05, 3.63) is 0 Å². The monoisotopic (exact) mass is 174 g/mol. The molecular formula is C3H9GeNaO2. The third kappa shape index (κ3) is 10.9. The van der Waals surface area contributed by atoms with Crippen LogP contribution in [0.2, 0.25) is 5.25 Å². The molecule has 0 aliphatic rings. The molecule has 0 bridgehead atoms. The molecule has 0 aromatic heterocycles. The number of carbonyl (C=O) groups is 1. The van der Waals surface area contributed by atoms with E-state index in [0.29, 0.717) is 0 Å². The molecule has 2 nitrogen and oxygen atoms in total. The van der Waals surface area contributed by atoms with Crippen LogP contribution >= 0.6 is 0 Å². The maximum atomic E-state index is 9.68. The Labute approximate surface area is 71.4 Å². The molecule has 0 fully saturated rings. The minimum atomic E-state index is -1.08. The minimum absolute atomic E-state index is 0. The Morgan fingerprint density at radius 1 is 1.86 bits per heavy atom. The Balaban J connectivity index is 0. The molecule has 0 spiro atoms. The van der Waals surface area contributed by atoms with Crippen molar-refractivity contribution in [3.8, 4) is 0 Å². The summed E-state index contributed by atoms with van der Waals surface area (Å²) in [7, 11) is 0. The van der Waals surface area contributed by atoms with E-state index in [1.165, 1.54) is 0 Å². The van der Waals surface area contributed by atoms with Gasteiger partial charge in [-0.1, -0.05) is 0 Å². The van der Waals surface area contributed by atoms with Gasteiger partial charge in [0.1, 0.15) is 0 Å². The summed E-state index contributed by atoms with van der Waals surface area (Å²) in [5.74, 6) is 0. The van der Waals surface area contributed by atoms with E-state index >= 15 is 0 Å². The molecule has 0 heterocycles. The number of rotatable bonds is 2. The summed E-state index contributed by atoms with van der Waals surface area (Å²) in [6, 6.07) is 0. The molecule has 0 saturated heterocycles. The predicted octanol–water partition coefficient (Wildman–Crippen LogP) is -0.377. The van der Waals surface area contributed by atoms with Crippen molar-refractivity contribution in [3.63, 3.8) is 0 Å². The van der Waals surface area contributed by atoms with Crippen LogP contribution in [0.25, 0.3) is 0 Å². The third-order valence-corrected chi connectivity index (χ3v) is 2.41. The molecule has 0 aliphatic heterocycles. The Morgan fingerprint density at radius 3 is 2.29 bits per heavy atom. The van der Waals surface area contributed by atoms with Crippen LogP contribution in [0.15, 0.2) is 0 Å². The standard InChI is InChI=1S/C3H8GeO2.Na.H/c1-2-4-3(5)6;;/h2,4H2,1H3,(H,5,6);;. The third-order valence-electron chi connectivity index (χ3n) is 0.464. The Morgan fingerprint density at radius 2 is 2.29 bits per heavy atom. The van der Waals surface area contributed by atoms with Gasteiger partial charge in [-0.05, 0) is 0 Å². The van der Waals surface area contributed by atoms with Gasteiger partial charge < -0.3 is 0 Å². The maximum absolute atomic E-state index is 9.68. The van der Waals surface area contributed by atoms with Crippen molar-refractivity contribution >= 4 is 49.8 Å². The predicted molar refractivity (Wildman–Crippen MR) is 34.2 cm³/mol.